The number of nitrogens with one attached hydrogen (secondary N) is 1. The van der Waals surface area contributed by atoms with Crippen LogP contribution >= 0.6 is 11.6 Å². The first-order chi connectivity index (χ1) is 9.58. The molecule has 2 atom stereocenters. The number of carboxylic acid groups (broad SMARTS) is 1. The summed E-state index contributed by atoms with van der Waals surface area (Å²) in [6, 6.07) is 4.34. The summed E-state index contributed by atoms with van der Waals surface area (Å²) in [4.78, 5) is 23.2. The fourth-order valence-corrected chi connectivity index (χ4v) is 3.52. The number of carboxylic acids is 1. The van der Waals surface area contributed by atoms with Crippen molar-refractivity contribution in [1.29, 1.82) is 0 Å². The molecule has 0 saturated heterocycles. The number of hydrogen-bond acceptors (Lipinski definition) is 2. The Morgan fingerprint density at radius 1 is 1.20 bits per heavy atom. The van der Waals surface area contributed by atoms with Crippen LogP contribution in [0.25, 0.3) is 0 Å². The van der Waals surface area contributed by atoms with Crippen molar-refractivity contribution in [3.8, 4) is 0 Å². The van der Waals surface area contributed by atoms with Crippen molar-refractivity contribution < 1.29 is 14.7 Å². The van der Waals surface area contributed by atoms with E-state index >= 15 is 0 Å². The topological polar surface area (TPSA) is 66.4 Å². The second kappa shape index (κ2) is 5.09. The summed E-state index contributed by atoms with van der Waals surface area (Å²) in [6.07, 6.45) is 4.68. The quantitative estimate of drug-likeness (QED) is 0.897. The molecule has 2 aliphatic rings. The van der Waals surface area contributed by atoms with Crippen LogP contribution in [0.4, 0.5) is 5.69 Å². The van der Waals surface area contributed by atoms with Gasteiger partial charge in [-0.3, -0.25) is 4.79 Å². The maximum absolute atomic E-state index is 12.3. The molecule has 1 amide bonds. The third-order valence-corrected chi connectivity index (χ3v) is 4.76. The minimum atomic E-state index is -1.03. The maximum Gasteiger partial charge on any atom is 0.335 e. The Bertz CT molecular complexity index is 560. The third kappa shape index (κ3) is 2.40. The standard InChI is InChI=1S/C15H16ClNO3/c16-11-6-5-8(15(19)20)7-12(11)17-14(18)13-9-3-1-2-4-10(9)13/h5-7,9-10,13H,1-4H2,(H,17,18)(H,19,20). The highest BCUT2D eigenvalue weighted by Crippen LogP contribution is 2.55. The molecular weight excluding hydrogens is 278 g/mol. The average molecular weight is 294 g/mol. The molecule has 3 rings (SSSR count). The van der Waals surface area contributed by atoms with Crippen molar-refractivity contribution in [2.75, 3.05) is 5.32 Å². The van der Waals surface area contributed by atoms with Gasteiger partial charge in [0.1, 0.15) is 0 Å². The van der Waals surface area contributed by atoms with Gasteiger partial charge in [0.2, 0.25) is 5.91 Å². The molecule has 0 spiro atoms. The number of carbonyl (C=O) groups is 2. The van der Waals surface area contributed by atoms with Crippen molar-refractivity contribution in [1.82, 2.24) is 0 Å². The predicted molar refractivity (Wildman–Crippen MR) is 76.0 cm³/mol. The lowest BCUT2D eigenvalue weighted by molar-refractivity contribution is -0.117. The van der Waals surface area contributed by atoms with Gasteiger partial charge in [0, 0.05) is 5.92 Å². The minimum Gasteiger partial charge on any atom is -0.478 e. The second-order valence-electron chi connectivity index (χ2n) is 5.63. The van der Waals surface area contributed by atoms with Crippen LogP contribution < -0.4 is 5.32 Å². The Hall–Kier alpha value is -1.55. The van der Waals surface area contributed by atoms with Crippen LogP contribution in [-0.4, -0.2) is 17.0 Å². The van der Waals surface area contributed by atoms with E-state index in [9.17, 15) is 9.59 Å². The van der Waals surface area contributed by atoms with Gasteiger partial charge in [-0.15, -0.1) is 0 Å². The Labute approximate surface area is 122 Å². The summed E-state index contributed by atoms with van der Waals surface area (Å²) in [5.74, 6) is 0.0704. The molecular formula is C15H16ClNO3. The molecule has 1 aromatic carbocycles. The van der Waals surface area contributed by atoms with E-state index in [2.05, 4.69) is 5.32 Å². The normalized spacial score (nSPS) is 27.6. The Kier molecular flexibility index (Phi) is 3.42. The van der Waals surface area contributed by atoms with Gasteiger partial charge < -0.3 is 10.4 Å². The van der Waals surface area contributed by atoms with Crippen LogP contribution in [-0.2, 0) is 4.79 Å². The number of carbonyl (C=O) groups excluding carboxylic acids is 1. The lowest BCUT2D eigenvalue weighted by atomic mass is 10.0. The lowest BCUT2D eigenvalue weighted by Crippen LogP contribution is -2.16. The largest absolute Gasteiger partial charge is 0.478 e. The smallest absolute Gasteiger partial charge is 0.335 e. The van der Waals surface area contributed by atoms with Crippen molar-refractivity contribution in [3.05, 3.63) is 28.8 Å². The third-order valence-electron chi connectivity index (χ3n) is 4.43. The molecule has 0 heterocycles. The van der Waals surface area contributed by atoms with Crippen molar-refractivity contribution in [2.45, 2.75) is 25.7 Å². The van der Waals surface area contributed by atoms with Crippen LogP contribution in [0.2, 0.25) is 5.02 Å². The Morgan fingerprint density at radius 2 is 1.85 bits per heavy atom. The van der Waals surface area contributed by atoms with E-state index in [1.165, 1.54) is 31.0 Å². The average Bonchev–Trinajstić information content (AvgIpc) is 3.15. The highest BCUT2D eigenvalue weighted by Gasteiger charge is 2.54. The summed E-state index contributed by atoms with van der Waals surface area (Å²) in [6.45, 7) is 0. The Balaban J connectivity index is 1.73. The van der Waals surface area contributed by atoms with E-state index in [0.717, 1.165) is 12.8 Å². The number of anilines is 1. The molecule has 2 N–H and O–H groups in total. The van der Waals surface area contributed by atoms with Gasteiger partial charge in [-0.05, 0) is 42.9 Å². The van der Waals surface area contributed by atoms with Crippen molar-refractivity contribution in [3.63, 3.8) is 0 Å². The number of benzene rings is 1. The predicted octanol–water partition coefficient (Wildman–Crippen LogP) is 3.41. The zero-order chi connectivity index (χ0) is 14.3. The van der Waals surface area contributed by atoms with E-state index in [1.54, 1.807) is 0 Å². The second-order valence-corrected chi connectivity index (χ2v) is 6.03. The van der Waals surface area contributed by atoms with Crippen LogP contribution in [0.15, 0.2) is 18.2 Å². The van der Waals surface area contributed by atoms with Gasteiger partial charge in [-0.25, -0.2) is 4.79 Å². The fourth-order valence-electron chi connectivity index (χ4n) is 3.35. The molecule has 4 nitrogen and oxygen atoms in total. The first-order valence-corrected chi connectivity index (χ1v) is 7.29. The molecule has 2 aliphatic carbocycles. The van der Waals surface area contributed by atoms with Crippen LogP contribution in [0.3, 0.4) is 0 Å². The molecule has 0 aliphatic heterocycles. The highest BCUT2D eigenvalue weighted by atomic mass is 35.5. The maximum atomic E-state index is 12.3. The van der Waals surface area contributed by atoms with Crippen LogP contribution in [0.1, 0.15) is 36.0 Å². The number of hydrogen-bond donors (Lipinski definition) is 2. The van der Waals surface area contributed by atoms with Gasteiger partial charge in [-0.2, -0.15) is 0 Å². The summed E-state index contributed by atoms with van der Waals surface area (Å²) in [5, 5.41) is 12.1. The number of rotatable bonds is 3. The molecule has 20 heavy (non-hydrogen) atoms. The number of halogens is 1. The van der Waals surface area contributed by atoms with Gasteiger partial charge in [0.15, 0.2) is 0 Å². The van der Waals surface area contributed by atoms with Crippen LogP contribution in [0.5, 0.6) is 0 Å². The minimum absolute atomic E-state index is 0.0219. The van der Waals surface area contributed by atoms with Crippen molar-refractivity contribution >= 4 is 29.2 Å². The molecule has 2 fully saturated rings. The van der Waals surface area contributed by atoms with E-state index < -0.39 is 5.97 Å². The molecule has 0 radical (unpaired) electrons. The van der Waals surface area contributed by atoms with Gasteiger partial charge in [-0.1, -0.05) is 24.4 Å². The molecule has 5 heteroatoms. The molecule has 1 aromatic rings. The molecule has 106 valence electrons. The van der Waals surface area contributed by atoms with Crippen molar-refractivity contribution in [2.24, 2.45) is 17.8 Å². The zero-order valence-corrected chi connectivity index (χ0v) is 11.7. The molecule has 0 bridgehead atoms. The van der Waals surface area contributed by atoms with Gasteiger partial charge >= 0.3 is 5.97 Å². The monoisotopic (exact) mass is 293 g/mol. The van der Waals surface area contributed by atoms with E-state index in [1.807, 2.05) is 0 Å². The van der Waals surface area contributed by atoms with E-state index in [4.69, 9.17) is 16.7 Å². The summed E-state index contributed by atoms with van der Waals surface area (Å²) < 4.78 is 0. The first-order valence-electron chi connectivity index (χ1n) is 6.91. The SMILES string of the molecule is O=C(O)c1ccc(Cl)c(NC(=O)C2C3CCCCC32)c1. The fraction of sp³-hybridized carbons (Fsp3) is 0.467. The van der Waals surface area contributed by atoms with Gasteiger partial charge in [0.05, 0.1) is 16.3 Å². The highest BCUT2D eigenvalue weighted by molar-refractivity contribution is 6.33. The van der Waals surface area contributed by atoms with E-state index in [0.29, 0.717) is 22.5 Å². The van der Waals surface area contributed by atoms with E-state index in [-0.39, 0.29) is 17.4 Å². The lowest BCUT2D eigenvalue weighted by Gasteiger charge is -2.08. The molecule has 2 saturated carbocycles. The summed E-state index contributed by atoms with van der Waals surface area (Å²) in [7, 11) is 0. The Morgan fingerprint density at radius 3 is 2.45 bits per heavy atom. The number of aromatic carboxylic acids is 1. The molecule has 0 aromatic heterocycles. The number of amides is 1. The molecule has 2 unspecified atom stereocenters. The first kappa shape index (κ1) is 13.4. The summed E-state index contributed by atoms with van der Waals surface area (Å²) in [5.41, 5.74) is 0.512. The van der Waals surface area contributed by atoms with Gasteiger partial charge in [0.25, 0.3) is 0 Å². The summed E-state index contributed by atoms with van der Waals surface area (Å²) >= 11 is 6.02. The number of fused-ring (bicyclic) bond motifs is 1. The van der Waals surface area contributed by atoms with Crippen LogP contribution in [0, 0.1) is 17.8 Å². The zero-order valence-electron chi connectivity index (χ0n) is 10.9.